The number of ether oxygens (including phenoxy) is 1. The molecular weight excluding hydrogens is 474 g/mol. The smallest absolute Gasteiger partial charge is 0.339 e. The minimum atomic E-state index is -3.57. The normalized spacial score (nSPS) is 11.0. The maximum Gasteiger partial charge on any atom is 0.339 e. The van der Waals surface area contributed by atoms with E-state index in [0.29, 0.717) is 21.0 Å². The summed E-state index contributed by atoms with van der Waals surface area (Å²) < 4.78 is 30.5. The molecule has 34 heavy (non-hydrogen) atoms. The van der Waals surface area contributed by atoms with Gasteiger partial charge < -0.3 is 10.1 Å². The van der Waals surface area contributed by atoms with Gasteiger partial charge in [-0.05, 0) is 48.5 Å². The van der Waals surface area contributed by atoms with Crippen LogP contribution in [0.3, 0.4) is 0 Å². The van der Waals surface area contributed by atoms with Crippen LogP contribution in [0.15, 0.2) is 87.5 Å². The summed E-state index contributed by atoms with van der Waals surface area (Å²) in [5.41, 5.74) is 1.12. The number of carbonyl (C=O) groups is 2. The van der Waals surface area contributed by atoms with Crippen molar-refractivity contribution >= 4 is 39.3 Å². The highest BCUT2D eigenvalue weighted by atomic mass is 32.2. The van der Waals surface area contributed by atoms with Crippen LogP contribution in [0.1, 0.15) is 15.9 Å². The van der Waals surface area contributed by atoms with Gasteiger partial charge in [-0.1, -0.05) is 36.0 Å². The predicted molar refractivity (Wildman–Crippen MR) is 128 cm³/mol. The lowest BCUT2D eigenvalue weighted by Gasteiger charge is -2.12. The molecule has 0 radical (unpaired) electrons. The van der Waals surface area contributed by atoms with Crippen LogP contribution in [0, 0.1) is 11.3 Å². The summed E-state index contributed by atoms with van der Waals surface area (Å²) in [7, 11) is -0.716. The van der Waals surface area contributed by atoms with E-state index in [1.54, 1.807) is 48.5 Å². The monoisotopic (exact) mass is 495 g/mol. The molecule has 3 aromatic carbocycles. The van der Waals surface area contributed by atoms with E-state index in [1.807, 2.05) is 0 Å². The maximum absolute atomic E-state index is 12.6. The lowest BCUT2D eigenvalue weighted by Crippen LogP contribution is -2.22. The molecule has 0 heterocycles. The number of carbonyl (C=O) groups excluding carboxylic acids is 2. The molecule has 8 nitrogen and oxygen atoms in total. The second-order valence-electron chi connectivity index (χ2n) is 7.14. The van der Waals surface area contributed by atoms with Gasteiger partial charge >= 0.3 is 5.97 Å². The van der Waals surface area contributed by atoms with E-state index in [4.69, 9.17) is 4.74 Å². The average molecular weight is 496 g/mol. The SMILES string of the molecule is CN(C)S(=O)(=O)c1ccc(NC(=O)COC(=O)c2ccccc2Sc2ccccc2C#N)cc1. The standard InChI is InChI=1S/C24H21N3O5S2/c1-27(2)34(30,31)19-13-11-18(12-14-19)26-23(28)16-32-24(29)20-8-4-6-10-22(20)33-21-9-5-3-7-17(21)15-25/h3-14H,16H2,1-2H3,(H,26,28). The minimum Gasteiger partial charge on any atom is -0.452 e. The average Bonchev–Trinajstić information content (AvgIpc) is 2.83. The Labute approximate surface area is 202 Å². The largest absolute Gasteiger partial charge is 0.452 e. The van der Waals surface area contributed by atoms with Crippen LogP contribution in [-0.4, -0.2) is 45.3 Å². The van der Waals surface area contributed by atoms with Crippen LogP contribution in [0.25, 0.3) is 0 Å². The highest BCUT2D eigenvalue weighted by Gasteiger charge is 2.18. The molecule has 0 aliphatic heterocycles. The Hall–Kier alpha value is -3.65. The molecule has 3 rings (SSSR count). The first kappa shape index (κ1) is 25.0. The molecule has 0 spiro atoms. The van der Waals surface area contributed by atoms with Crippen LogP contribution in [0.5, 0.6) is 0 Å². The molecule has 3 aromatic rings. The first-order valence-electron chi connectivity index (χ1n) is 9.98. The molecule has 0 unspecified atom stereocenters. The van der Waals surface area contributed by atoms with Crippen molar-refractivity contribution in [3.8, 4) is 6.07 Å². The highest BCUT2D eigenvalue weighted by molar-refractivity contribution is 7.99. The third-order valence-electron chi connectivity index (χ3n) is 4.59. The first-order chi connectivity index (χ1) is 16.2. The van der Waals surface area contributed by atoms with E-state index >= 15 is 0 Å². The summed E-state index contributed by atoms with van der Waals surface area (Å²) in [6, 6.07) is 21.6. The van der Waals surface area contributed by atoms with Crippen molar-refractivity contribution in [1.82, 2.24) is 4.31 Å². The highest BCUT2D eigenvalue weighted by Crippen LogP contribution is 2.32. The number of nitrogens with zero attached hydrogens (tertiary/aromatic N) is 2. The molecule has 0 atom stereocenters. The van der Waals surface area contributed by atoms with Gasteiger partial charge in [-0.15, -0.1) is 0 Å². The maximum atomic E-state index is 12.6. The minimum absolute atomic E-state index is 0.0917. The molecule has 0 saturated carbocycles. The van der Waals surface area contributed by atoms with Crippen molar-refractivity contribution in [3.63, 3.8) is 0 Å². The first-order valence-corrected chi connectivity index (χ1v) is 12.2. The summed E-state index contributed by atoms with van der Waals surface area (Å²) in [5.74, 6) is -1.25. The van der Waals surface area contributed by atoms with Gasteiger partial charge in [0, 0.05) is 29.6 Å². The molecule has 0 bridgehead atoms. The summed E-state index contributed by atoms with van der Waals surface area (Å²) >= 11 is 1.26. The van der Waals surface area contributed by atoms with Crippen LogP contribution in [0.4, 0.5) is 5.69 Å². The Morgan fingerprint density at radius 1 is 0.971 bits per heavy atom. The van der Waals surface area contributed by atoms with Gasteiger partial charge in [0.05, 0.1) is 16.0 Å². The molecule has 10 heteroatoms. The molecule has 0 aliphatic carbocycles. The number of sulfonamides is 1. The topological polar surface area (TPSA) is 117 Å². The fourth-order valence-corrected chi connectivity index (χ4v) is 4.73. The lowest BCUT2D eigenvalue weighted by atomic mass is 10.2. The van der Waals surface area contributed by atoms with Crippen LogP contribution in [0.2, 0.25) is 0 Å². The lowest BCUT2D eigenvalue weighted by molar-refractivity contribution is -0.119. The van der Waals surface area contributed by atoms with E-state index < -0.39 is 28.5 Å². The third kappa shape index (κ3) is 6.02. The zero-order valence-corrected chi connectivity index (χ0v) is 20.0. The van der Waals surface area contributed by atoms with Gasteiger partial charge in [-0.2, -0.15) is 5.26 Å². The van der Waals surface area contributed by atoms with Gasteiger partial charge in [-0.25, -0.2) is 17.5 Å². The number of benzene rings is 3. The van der Waals surface area contributed by atoms with Crippen molar-refractivity contribution in [3.05, 3.63) is 83.9 Å². The number of esters is 1. The van der Waals surface area contributed by atoms with Gasteiger partial charge in [0.2, 0.25) is 10.0 Å². The van der Waals surface area contributed by atoms with Crippen molar-refractivity contribution in [2.45, 2.75) is 14.7 Å². The van der Waals surface area contributed by atoms with E-state index in [0.717, 1.165) is 4.31 Å². The zero-order valence-electron chi connectivity index (χ0n) is 18.4. The van der Waals surface area contributed by atoms with Crippen LogP contribution >= 0.6 is 11.8 Å². The second kappa shape index (κ2) is 11.0. The van der Waals surface area contributed by atoms with Gasteiger partial charge in [0.15, 0.2) is 6.61 Å². The molecule has 1 amide bonds. The molecule has 1 N–H and O–H groups in total. The number of nitrogens with one attached hydrogen (secondary N) is 1. The number of nitriles is 1. The van der Waals surface area contributed by atoms with Crippen molar-refractivity contribution < 1.29 is 22.7 Å². The zero-order chi connectivity index (χ0) is 24.7. The number of rotatable bonds is 8. The Morgan fingerprint density at radius 2 is 1.59 bits per heavy atom. The van der Waals surface area contributed by atoms with Crippen LogP contribution in [-0.2, 0) is 19.6 Å². The molecular formula is C24H21N3O5S2. The Bertz CT molecular complexity index is 1350. The number of anilines is 1. The van der Waals surface area contributed by atoms with Gasteiger partial charge in [0.1, 0.15) is 6.07 Å². The van der Waals surface area contributed by atoms with Crippen molar-refractivity contribution in [1.29, 1.82) is 5.26 Å². The van der Waals surface area contributed by atoms with E-state index in [1.165, 1.54) is 50.1 Å². The van der Waals surface area contributed by atoms with Gasteiger partial charge in [-0.3, -0.25) is 4.79 Å². The van der Waals surface area contributed by atoms with E-state index in [-0.39, 0.29) is 10.5 Å². The summed E-state index contributed by atoms with van der Waals surface area (Å²) in [6.07, 6.45) is 0. The second-order valence-corrected chi connectivity index (χ2v) is 10.4. The van der Waals surface area contributed by atoms with Crippen molar-refractivity contribution in [2.24, 2.45) is 0 Å². The molecule has 0 fully saturated rings. The quantitative estimate of drug-likeness (QED) is 0.473. The fraction of sp³-hybridized carbons (Fsp3) is 0.125. The number of hydrogen-bond donors (Lipinski definition) is 1. The van der Waals surface area contributed by atoms with Crippen molar-refractivity contribution in [2.75, 3.05) is 26.0 Å². The molecule has 0 saturated heterocycles. The Kier molecular flexibility index (Phi) is 8.07. The predicted octanol–water partition coefficient (Wildman–Crippen LogP) is 3.76. The number of amides is 1. The van der Waals surface area contributed by atoms with E-state index in [2.05, 4.69) is 11.4 Å². The molecule has 174 valence electrons. The van der Waals surface area contributed by atoms with Crippen LogP contribution < -0.4 is 5.32 Å². The van der Waals surface area contributed by atoms with Gasteiger partial charge in [0.25, 0.3) is 5.91 Å². The Morgan fingerprint density at radius 3 is 2.24 bits per heavy atom. The summed E-state index contributed by atoms with van der Waals surface area (Å²) in [4.78, 5) is 26.3. The third-order valence-corrected chi connectivity index (χ3v) is 7.57. The Balaban J connectivity index is 1.63. The van der Waals surface area contributed by atoms with E-state index in [9.17, 15) is 23.3 Å². The molecule has 0 aromatic heterocycles. The number of hydrogen-bond acceptors (Lipinski definition) is 7. The fourth-order valence-electron chi connectivity index (χ4n) is 2.82. The molecule has 0 aliphatic rings. The summed E-state index contributed by atoms with van der Waals surface area (Å²) in [6.45, 7) is -0.523. The summed E-state index contributed by atoms with van der Waals surface area (Å²) in [5, 5.41) is 11.8.